The molecule has 0 bridgehead atoms. The van der Waals surface area contributed by atoms with Crippen molar-refractivity contribution in [2.75, 3.05) is 17.8 Å². The molecule has 1 heterocycles. The first kappa shape index (κ1) is 10.6. The summed E-state index contributed by atoms with van der Waals surface area (Å²) >= 11 is 0. The molecule has 84 valence electrons. The van der Waals surface area contributed by atoms with E-state index in [1.165, 1.54) is 24.2 Å². The van der Waals surface area contributed by atoms with Crippen LogP contribution in [0.15, 0.2) is 18.2 Å². The first-order valence-electron chi connectivity index (χ1n) is 4.54. The Hall–Kier alpha value is -1.95. The van der Waals surface area contributed by atoms with Crippen molar-refractivity contribution in [3.63, 3.8) is 0 Å². The first-order chi connectivity index (χ1) is 7.52. The minimum atomic E-state index is -0.934. The van der Waals surface area contributed by atoms with Gasteiger partial charge in [-0.2, -0.15) is 9.37 Å². The van der Waals surface area contributed by atoms with E-state index in [0.29, 0.717) is 11.1 Å². The second-order valence-corrected chi connectivity index (χ2v) is 3.41. The zero-order chi connectivity index (χ0) is 11.9. The monoisotopic (exact) mass is 224 g/mol. The molecule has 0 unspecified atom stereocenters. The smallest absolute Gasteiger partial charge is 0.225 e. The van der Waals surface area contributed by atoms with Crippen LogP contribution in [0.25, 0.3) is 10.8 Å². The van der Waals surface area contributed by atoms with Crippen molar-refractivity contribution < 1.29 is 8.78 Å². The summed E-state index contributed by atoms with van der Waals surface area (Å²) in [5.41, 5.74) is 5.85. The van der Waals surface area contributed by atoms with Crippen LogP contribution >= 0.6 is 0 Å². The molecule has 0 amide bonds. The van der Waals surface area contributed by atoms with E-state index in [2.05, 4.69) is 4.98 Å². The zero-order valence-corrected chi connectivity index (χ0v) is 8.54. The minimum absolute atomic E-state index is 0.0689. The quantitative estimate of drug-likeness (QED) is 0.436. The lowest BCUT2D eigenvalue weighted by atomic mass is 10.1. The van der Waals surface area contributed by atoms with E-state index in [9.17, 15) is 8.78 Å². The fraction of sp³-hybridized carbons (Fsp3) is 0.100. The van der Waals surface area contributed by atoms with Crippen molar-refractivity contribution >= 4 is 22.3 Å². The number of nitrogen functional groups attached to an aromatic ring is 1. The highest BCUT2D eigenvalue weighted by Crippen LogP contribution is 2.32. The largest absolute Gasteiger partial charge is 0.382 e. The van der Waals surface area contributed by atoms with Crippen LogP contribution in [0.2, 0.25) is 0 Å². The molecule has 0 aliphatic rings. The molecule has 2 aromatic rings. The number of hydrazine groups is 1. The third-order valence-corrected chi connectivity index (χ3v) is 2.29. The van der Waals surface area contributed by atoms with E-state index < -0.39 is 11.8 Å². The van der Waals surface area contributed by atoms with Gasteiger partial charge in [-0.3, -0.25) is 0 Å². The highest BCUT2D eigenvalue weighted by molar-refractivity contribution is 5.98. The normalized spacial score (nSPS) is 10.8. The summed E-state index contributed by atoms with van der Waals surface area (Å²) < 4.78 is 26.9. The topological polar surface area (TPSA) is 68.2 Å². The van der Waals surface area contributed by atoms with Crippen LogP contribution in [0.4, 0.5) is 20.3 Å². The van der Waals surface area contributed by atoms with Crippen LogP contribution in [0.3, 0.4) is 0 Å². The van der Waals surface area contributed by atoms with Gasteiger partial charge in [0, 0.05) is 12.4 Å². The van der Waals surface area contributed by atoms with Gasteiger partial charge in [-0.05, 0) is 6.07 Å². The van der Waals surface area contributed by atoms with Crippen molar-refractivity contribution in [3.8, 4) is 0 Å². The number of nitrogens with zero attached hydrogens (tertiary/aromatic N) is 2. The van der Waals surface area contributed by atoms with E-state index in [1.807, 2.05) is 0 Å². The van der Waals surface area contributed by atoms with Crippen LogP contribution in [0.1, 0.15) is 0 Å². The third-order valence-electron chi connectivity index (χ3n) is 2.29. The van der Waals surface area contributed by atoms with Crippen molar-refractivity contribution in [1.29, 1.82) is 0 Å². The van der Waals surface area contributed by atoms with Gasteiger partial charge < -0.3 is 10.7 Å². The number of fused-ring (bicyclic) bond motifs is 1. The summed E-state index contributed by atoms with van der Waals surface area (Å²) in [5.74, 6) is 3.86. The summed E-state index contributed by atoms with van der Waals surface area (Å²) in [5, 5.41) is 1.28. The number of pyridine rings is 1. The Kier molecular flexibility index (Phi) is 2.35. The van der Waals surface area contributed by atoms with Gasteiger partial charge in [0.25, 0.3) is 0 Å². The molecule has 2 rings (SSSR count). The summed E-state index contributed by atoms with van der Waals surface area (Å²) in [6.07, 6.45) is 0. The Morgan fingerprint density at radius 2 is 2.00 bits per heavy atom. The number of nitrogens with two attached hydrogens (primary N) is 2. The second-order valence-electron chi connectivity index (χ2n) is 3.41. The first-order valence-corrected chi connectivity index (χ1v) is 4.54. The number of benzene rings is 1. The van der Waals surface area contributed by atoms with Crippen LogP contribution < -0.4 is 16.6 Å². The number of anilines is 2. The minimum Gasteiger partial charge on any atom is -0.382 e. The Labute approximate surface area is 90.4 Å². The van der Waals surface area contributed by atoms with Gasteiger partial charge in [0.05, 0.1) is 5.39 Å². The van der Waals surface area contributed by atoms with Crippen LogP contribution in [-0.2, 0) is 0 Å². The Balaban J connectivity index is 2.96. The second kappa shape index (κ2) is 3.57. The van der Waals surface area contributed by atoms with Crippen LogP contribution in [-0.4, -0.2) is 12.0 Å². The molecular weight excluding hydrogens is 214 g/mol. The predicted octanol–water partition coefficient (Wildman–Crippen LogP) is 1.41. The molecule has 0 aliphatic heterocycles. The van der Waals surface area contributed by atoms with Crippen LogP contribution in [0.5, 0.6) is 0 Å². The standard InChI is InChI=1S/C10H10F2N4/c1-16(14)8-5-3-2-4-6(11)7(5)9(12)15-10(8)13/h2-4H,14H2,1H3,(H2,13,15). The van der Waals surface area contributed by atoms with Crippen molar-refractivity contribution in [3.05, 3.63) is 30.0 Å². The molecule has 0 atom stereocenters. The van der Waals surface area contributed by atoms with E-state index in [1.54, 1.807) is 0 Å². The molecule has 0 radical (unpaired) electrons. The molecule has 0 fully saturated rings. The van der Waals surface area contributed by atoms with Gasteiger partial charge in [-0.25, -0.2) is 10.2 Å². The summed E-state index contributed by atoms with van der Waals surface area (Å²) in [6.45, 7) is 0. The van der Waals surface area contributed by atoms with E-state index in [4.69, 9.17) is 11.6 Å². The Morgan fingerprint density at radius 3 is 2.62 bits per heavy atom. The summed E-state index contributed by atoms with van der Waals surface area (Å²) in [7, 11) is 1.52. The van der Waals surface area contributed by atoms with Crippen LogP contribution in [0, 0.1) is 11.8 Å². The maximum atomic E-state index is 13.5. The van der Waals surface area contributed by atoms with Gasteiger partial charge >= 0.3 is 0 Å². The lowest BCUT2D eigenvalue weighted by Gasteiger charge is -2.17. The number of halogens is 2. The van der Waals surface area contributed by atoms with Gasteiger partial charge in [0.15, 0.2) is 5.82 Å². The number of hydrogen-bond acceptors (Lipinski definition) is 4. The van der Waals surface area contributed by atoms with Gasteiger partial charge in [0.2, 0.25) is 5.95 Å². The molecule has 0 saturated heterocycles. The third kappa shape index (κ3) is 1.43. The fourth-order valence-corrected chi connectivity index (χ4v) is 1.65. The number of hydrogen-bond donors (Lipinski definition) is 2. The lowest BCUT2D eigenvalue weighted by Crippen LogP contribution is -2.27. The molecular formula is C10H10F2N4. The SMILES string of the molecule is CN(N)c1c(N)nc(F)c2c(F)cccc12. The van der Waals surface area contributed by atoms with Crippen molar-refractivity contribution in [2.24, 2.45) is 5.84 Å². The summed E-state index contributed by atoms with van der Waals surface area (Å²) in [4.78, 5) is 3.43. The molecule has 0 spiro atoms. The molecule has 6 heteroatoms. The Morgan fingerprint density at radius 1 is 1.31 bits per heavy atom. The van der Waals surface area contributed by atoms with E-state index in [0.717, 1.165) is 6.07 Å². The fourth-order valence-electron chi connectivity index (χ4n) is 1.65. The van der Waals surface area contributed by atoms with Crippen molar-refractivity contribution in [2.45, 2.75) is 0 Å². The highest BCUT2D eigenvalue weighted by atomic mass is 19.1. The molecule has 0 aliphatic carbocycles. The zero-order valence-electron chi connectivity index (χ0n) is 8.54. The molecule has 1 aromatic heterocycles. The van der Waals surface area contributed by atoms with E-state index in [-0.39, 0.29) is 11.2 Å². The maximum Gasteiger partial charge on any atom is 0.225 e. The lowest BCUT2D eigenvalue weighted by molar-refractivity contribution is 0.580. The Bertz CT molecular complexity index is 554. The molecule has 0 saturated carbocycles. The average Bonchev–Trinajstić information content (AvgIpc) is 2.15. The number of rotatable bonds is 1. The van der Waals surface area contributed by atoms with Gasteiger partial charge in [-0.15, -0.1) is 0 Å². The average molecular weight is 224 g/mol. The maximum absolute atomic E-state index is 13.5. The highest BCUT2D eigenvalue weighted by Gasteiger charge is 2.16. The van der Waals surface area contributed by atoms with E-state index >= 15 is 0 Å². The molecule has 1 aromatic carbocycles. The summed E-state index contributed by atoms with van der Waals surface area (Å²) in [6, 6.07) is 4.16. The van der Waals surface area contributed by atoms with Gasteiger partial charge in [-0.1, -0.05) is 12.1 Å². The number of aromatic nitrogens is 1. The molecule has 16 heavy (non-hydrogen) atoms. The molecule has 4 nitrogen and oxygen atoms in total. The predicted molar refractivity (Wildman–Crippen MR) is 58.7 cm³/mol. The van der Waals surface area contributed by atoms with Crippen molar-refractivity contribution in [1.82, 2.24) is 4.98 Å². The van der Waals surface area contributed by atoms with Gasteiger partial charge in [0.1, 0.15) is 11.5 Å². The molecule has 4 N–H and O–H groups in total.